The molecule has 1 N–H and O–H groups in total. The minimum Gasteiger partial charge on any atom is -0.355 e. The predicted molar refractivity (Wildman–Crippen MR) is 51.3 cm³/mol. The molecule has 4 heteroatoms. The Labute approximate surface area is 77.1 Å². The Morgan fingerprint density at radius 1 is 1.73 bits per heavy atom. The van der Waals surface area contributed by atoms with Gasteiger partial charge in [-0.15, -0.1) is 11.6 Å². The van der Waals surface area contributed by atoms with E-state index in [1.165, 1.54) is 0 Å². The average molecular weight is 196 g/mol. The molecule has 66 valence electrons. The van der Waals surface area contributed by atoms with Crippen molar-refractivity contribution in [2.75, 3.05) is 24.4 Å². The quantitative estimate of drug-likeness (QED) is 0.530. The summed E-state index contributed by atoms with van der Waals surface area (Å²) in [5.74, 6) is 1.33. The summed E-state index contributed by atoms with van der Waals surface area (Å²) in [6, 6.07) is 0. The lowest BCUT2D eigenvalue weighted by Gasteiger charge is -2.07. The number of nitrogens with one attached hydrogen (secondary N) is 1. The zero-order valence-electron chi connectivity index (χ0n) is 6.89. The number of thioether (sulfide) groups is 1. The molecule has 0 radical (unpaired) electrons. The Morgan fingerprint density at radius 2 is 2.36 bits per heavy atom. The number of hydrogen-bond donors (Lipinski definition) is 1. The zero-order valence-corrected chi connectivity index (χ0v) is 8.47. The third-order valence-electron chi connectivity index (χ3n) is 1.28. The summed E-state index contributed by atoms with van der Waals surface area (Å²) in [6.07, 6.45) is 2.01. The normalized spacial score (nSPS) is 12.6. The average Bonchev–Trinajstić information content (AvgIpc) is 2.03. The fourth-order valence-electron chi connectivity index (χ4n) is 0.521. The first kappa shape index (κ1) is 11.1. The molecule has 1 atom stereocenters. The van der Waals surface area contributed by atoms with Gasteiger partial charge in [0, 0.05) is 24.1 Å². The molecule has 0 aliphatic rings. The van der Waals surface area contributed by atoms with Gasteiger partial charge < -0.3 is 5.32 Å². The lowest BCUT2D eigenvalue weighted by atomic mass is 10.2. The first-order chi connectivity index (χ1) is 5.22. The number of rotatable bonds is 5. The number of carbonyl (C=O) groups is 1. The van der Waals surface area contributed by atoms with E-state index in [0.717, 1.165) is 12.3 Å². The topological polar surface area (TPSA) is 29.1 Å². The van der Waals surface area contributed by atoms with Crippen molar-refractivity contribution in [2.45, 2.75) is 6.92 Å². The monoisotopic (exact) mass is 195 g/mol. The van der Waals surface area contributed by atoms with E-state index in [1.807, 2.05) is 13.2 Å². The van der Waals surface area contributed by atoms with Gasteiger partial charge in [-0.2, -0.15) is 11.8 Å². The Kier molecular flexibility index (Phi) is 6.87. The predicted octanol–water partition coefficient (Wildman–Crippen LogP) is 1.34. The fraction of sp³-hybridized carbons (Fsp3) is 0.857. The highest BCUT2D eigenvalue weighted by Crippen LogP contribution is 1.97. The lowest BCUT2D eigenvalue weighted by Crippen LogP contribution is -2.31. The molecule has 0 saturated carbocycles. The van der Waals surface area contributed by atoms with Crippen molar-refractivity contribution in [1.29, 1.82) is 0 Å². The lowest BCUT2D eigenvalue weighted by molar-refractivity contribution is -0.123. The molecule has 11 heavy (non-hydrogen) atoms. The molecular weight excluding hydrogens is 182 g/mol. The highest BCUT2D eigenvalue weighted by Gasteiger charge is 2.09. The van der Waals surface area contributed by atoms with Crippen LogP contribution >= 0.6 is 23.4 Å². The van der Waals surface area contributed by atoms with E-state index < -0.39 is 0 Å². The maximum absolute atomic E-state index is 11.0. The van der Waals surface area contributed by atoms with Crippen molar-refractivity contribution in [1.82, 2.24) is 5.32 Å². The molecule has 0 saturated heterocycles. The summed E-state index contributed by atoms with van der Waals surface area (Å²) < 4.78 is 0. The summed E-state index contributed by atoms with van der Waals surface area (Å²) in [7, 11) is 0. The van der Waals surface area contributed by atoms with E-state index in [0.29, 0.717) is 5.88 Å². The van der Waals surface area contributed by atoms with Crippen LogP contribution in [0.5, 0.6) is 0 Å². The highest BCUT2D eigenvalue weighted by atomic mass is 35.5. The molecular formula is C7H14ClNOS. The van der Waals surface area contributed by atoms with Crippen molar-refractivity contribution < 1.29 is 4.79 Å². The van der Waals surface area contributed by atoms with E-state index in [4.69, 9.17) is 11.6 Å². The Morgan fingerprint density at radius 3 is 2.82 bits per heavy atom. The van der Waals surface area contributed by atoms with E-state index in [1.54, 1.807) is 11.8 Å². The van der Waals surface area contributed by atoms with Gasteiger partial charge in [0.2, 0.25) is 5.91 Å². The smallest absolute Gasteiger partial charge is 0.224 e. The molecule has 0 fully saturated rings. The van der Waals surface area contributed by atoms with Crippen LogP contribution in [0.3, 0.4) is 0 Å². The molecule has 0 bridgehead atoms. The maximum atomic E-state index is 11.0. The van der Waals surface area contributed by atoms with Crippen molar-refractivity contribution in [3.05, 3.63) is 0 Å². The molecule has 0 aliphatic heterocycles. The standard InChI is InChI=1S/C7H14ClNOS/c1-6(5-8)7(10)9-3-4-11-2/h6H,3-5H2,1-2H3,(H,9,10). The molecule has 0 rings (SSSR count). The van der Waals surface area contributed by atoms with Gasteiger partial charge in [0.1, 0.15) is 0 Å². The third kappa shape index (κ3) is 5.39. The van der Waals surface area contributed by atoms with Crippen LogP contribution in [0.1, 0.15) is 6.92 Å². The zero-order chi connectivity index (χ0) is 8.69. The molecule has 0 heterocycles. The fourth-order valence-corrected chi connectivity index (χ4v) is 0.967. The summed E-state index contributed by atoms with van der Waals surface area (Å²) in [5, 5.41) is 2.79. The summed E-state index contributed by atoms with van der Waals surface area (Å²) in [6.45, 7) is 2.56. The molecule has 0 aliphatic carbocycles. The first-order valence-corrected chi connectivity index (χ1v) is 5.47. The largest absolute Gasteiger partial charge is 0.355 e. The summed E-state index contributed by atoms with van der Waals surface area (Å²) >= 11 is 7.21. The minimum atomic E-state index is -0.0708. The van der Waals surface area contributed by atoms with Gasteiger partial charge in [0.15, 0.2) is 0 Å². The van der Waals surface area contributed by atoms with Crippen LogP contribution in [-0.2, 0) is 4.79 Å². The van der Waals surface area contributed by atoms with Crippen LogP contribution in [-0.4, -0.2) is 30.3 Å². The van der Waals surface area contributed by atoms with Gasteiger partial charge in [0.05, 0.1) is 0 Å². The Hall–Kier alpha value is 0.110. The van der Waals surface area contributed by atoms with Crippen molar-refractivity contribution in [2.24, 2.45) is 5.92 Å². The second-order valence-electron chi connectivity index (χ2n) is 2.34. The minimum absolute atomic E-state index is 0.0500. The molecule has 0 aromatic rings. The second-order valence-corrected chi connectivity index (χ2v) is 3.63. The van der Waals surface area contributed by atoms with Crippen LogP contribution in [0.15, 0.2) is 0 Å². The molecule has 1 amide bonds. The van der Waals surface area contributed by atoms with Gasteiger partial charge in [-0.3, -0.25) is 4.79 Å². The van der Waals surface area contributed by atoms with Crippen molar-refractivity contribution in [3.63, 3.8) is 0 Å². The molecule has 0 aromatic heterocycles. The number of carbonyl (C=O) groups excluding carboxylic acids is 1. The summed E-state index contributed by atoms with van der Waals surface area (Å²) in [4.78, 5) is 11.0. The van der Waals surface area contributed by atoms with Gasteiger partial charge >= 0.3 is 0 Å². The van der Waals surface area contributed by atoms with Gasteiger partial charge in [0.25, 0.3) is 0 Å². The SMILES string of the molecule is CSCCNC(=O)C(C)CCl. The number of alkyl halides is 1. The van der Waals surface area contributed by atoms with E-state index in [-0.39, 0.29) is 11.8 Å². The van der Waals surface area contributed by atoms with E-state index in [2.05, 4.69) is 5.32 Å². The highest BCUT2D eigenvalue weighted by molar-refractivity contribution is 7.98. The second kappa shape index (κ2) is 6.80. The third-order valence-corrected chi connectivity index (χ3v) is 2.36. The number of halogens is 1. The Bertz CT molecular complexity index is 121. The molecule has 0 aromatic carbocycles. The van der Waals surface area contributed by atoms with Crippen LogP contribution in [0.4, 0.5) is 0 Å². The van der Waals surface area contributed by atoms with Crippen LogP contribution < -0.4 is 5.32 Å². The van der Waals surface area contributed by atoms with Crippen LogP contribution in [0.25, 0.3) is 0 Å². The maximum Gasteiger partial charge on any atom is 0.224 e. The first-order valence-electron chi connectivity index (χ1n) is 3.55. The van der Waals surface area contributed by atoms with E-state index in [9.17, 15) is 4.79 Å². The number of hydrogen-bond acceptors (Lipinski definition) is 2. The van der Waals surface area contributed by atoms with E-state index >= 15 is 0 Å². The van der Waals surface area contributed by atoms with Crippen molar-refractivity contribution >= 4 is 29.3 Å². The van der Waals surface area contributed by atoms with Gasteiger partial charge in [-0.05, 0) is 6.26 Å². The molecule has 1 unspecified atom stereocenters. The summed E-state index contributed by atoms with van der Waals surface area (Å²) in [5.41, 5.74) is 0. The van der Waals surface area contributed by atoms with Crippen LogP contribution in [0, 0.1) is 5.92 Å². The Balaban J connectivity index is 3.36. The van der Waals surface area contributed by atoms with Gasteiger partial charge in [-0.25, -0.2) is 0 Å². The van der Waals surface area contributed by atoms with Gasteiger partial charge in [-0.1, -0.05) is 6.92 Å². The van der Waals surface area contributed by atoms with Crippen molar-refractivity contribution in [3.8, 4) is 0 Å². The number of amides is 1. The molecule has 2 nitrogen and oxygen atoms in total. The van der Waals surface area contributed by atoms with Crippen LogP contribution in [0.2, 0.25) is 0 Å². The molecule has 0 spiro atoms.